The highest BCUT2D eigenvalue weighted by Gasteiger charge is 2.10. The first kappa shape index (κ1) is 13.9. The second kappa shape index (κ2) is 5.41. The van der Waals surface area contributed by atoms with Crippen LogP contribution in [0.2, 0.25) is 0 Å². The summed E-state index contributed by atoms with van der Waals surface area (Å²) in [6.45, 7) is 3.79. The van der Waals surface area contributed by atoms with Crippen molar-refractivity contribution in [1.82, 2.24) is 0 Å². The van der Waals surface area contributed by atoms with Gasteiger partial charge in [-0.15, -0.1) is 0 Å². The molecule has 1 N–H and O–H groups in total. The molecule has 0 unspecified atom stereocenters. The maximum Gasteiger partial charge on any atom is 0.200 e. The van der Waals surface area contributed by atoms with Gasteiger partial charge in [-0.2, -0.15) is 0 Å². The third kappa shape index (κ3) is 2.35. The molecule has 1 aromatic heterocycles. The van der Waals surface area contributed by atoms with Gasteiger partial charge in [0.15, 0.2) is 5.43 Å². The highest BCUT2D eigenvalue weighted by Crippen LogP contribution is 2.24. The molecule has 0 bridgehead atoms. The second-order valence-electron chi connectivity index (χ2n) is 4.86. The summed E-state index contributed by atoms with van der Waals surface area (Å²) >= 11 is 0. The molecule has 4 heteroatoms. The molecular weight excluding hydrogens is 280 g/mol. The fourth-order valence-corrected chi connectivity index (χ4v) is 2.27. The zero-order valence-electron chi connectivity index (χ0n) is 12.0. The number of aromatic hydroxyl groups is 1. The Morgan fingerprint density at radius 1 is 1.18 bits per heavy atom. The Labute approximate surface area is 126 Å². The third-order valence-corrected chi connectivity index (χ3v) is 3.52. The molecule has 0 radical (unpaired) electrons. The molecule has 0 aliphatic rings. The molecular formula is C18H14O4. The summed E-state index contributed by atoms with van der Waals surface area (Å²) in [7, 11) is 1.56. The quantitative estimate of drug-likeness (QED) is 0.747. The number of methoxy groups -OCH3 is 1. The Hall–Kier alpha value is -3.01. The first-order valence-electron chi connectivity index (χ1n) is 6.68. The largest absolute Gasteiger partial charge is 0.508 e. The Balaban J connectivity index is 2.10. The Morgan fingerprint density at radius 3 is 2.59 bits per heavy atom. The lowest BCUT2D eigenvalue weighted by Crippen LogP contribution is -2.04. The van der Waals surface area contributed by atoms with E-state index in [1.54, 1.807) is 13.2 Å². The first-order chi connectivity index (χ1) is 10.6. The average Bonchev–Trinajstić information content (AvgIpc) is 2.54. The standard InChI is InChI=1S/C18H14O4/c1-11(21-2)12-3-5-13(6-4-12)16-10-22-17-9-14(19)7-8-15(17)18(16)20/h3-10,19H,1H2,2H3. The van der Waals surface area contributed by atoms with Gasteiger partial charge in [-0.1, -0.05) is 30.8 Å². The summed E-state index contributed by atoms with van der Waals surface area (Å²) in [5.74, 6) is 0.624. The van der Waals surface area contributed by atoms with E-state index in [2.05, 4.69) is 6.58 Å². The maximum atomic E-state index is 12.5. The van der Waals surface area contributed by atoms with Crippen molar-refractivity contribution in [1.29, 1.82) is 0 Å². The molecule has 0 saturated heterocycles. The van der Waals surface area contributed by atoms with E-state index >= 15 is 0 Å². The molecule has 110 valence electrons. The Morgan fingerprint density at radius 2 is 1.91 bits per heavy atom. The van der Waals surface area contributed by atoms with Gasteiger partial charge in [0, 0.05) is 11.6 Å². The van der Waals surface area contributed by atoms with E-state index in [1.807, 2.05) is 24.3 Å². The van der Waals surface area contributed by atoms with Crippen LogP contribution in [0.4, 0.5) is 0 Å². The Kier molecular flexibility index (Phi) is 3.43. The molecule has 1 heterocycles. The number of phenols is 1. The summed E-state index contributed by atoms with van der Waals surface area (Å²) in [6, 6.07) is 11.8. The monoisotopic (exact) mass is 294 g/mol. The smallest absolute Gasteiger partial charge is 0.200 e. The van der Waals surface area contributed by atoms with Crippen LogP contribution in [0.15, 0.2) is 64.5 Å². The highest BCUT2D eigenvalue weighted by atomic mass is 16.5. The summed E-state index contributed by atoms with van der Waals surface area (Å²) < 4.78 is 10.5. The number of benzene rings is 2. The fraction of sp³-hybridized carbons (Fsp3) is 0.0556. The van der Waals surface area contributed by atoms with Crippen LogP contribution in [-0.4, -0.2) is 12.2 Å². The molecule has 0 aliphatic heterocycles. The van der Waals surface area contributed by atoms with E-state index in [0.29, 0.717) is 22.3 Å². The predicted octanol–water partition coefficient (Wildman–Crippen LogP) is 3.78. The maximum absolute atomic E-state index is 12.5. The van der Waals surface area contributed by atoms with Gasteiger partial charge in [0.05, 0.1) is 18.1 Å². The van der Waals surface area contributed by atoms with Crippen LogP contribution < -0.4 is 5.43 Å². The van der Waals surface area contributed by atoms with Crippen LogP contribution in [0.5, 0.6) is 5.75 Å². The lowest BCUT2D eigenvalue weighted by Gasteiger charge is -2.06. The number of rotatable bonds is 3. The van der Waals surface area contributed by atoms with Gasteiger partial charge in [0.25, 0.3) is 0 Å². The van der Waals surface area contributed by atoms with Crippen LogP contribution in [-0.2, 0) is 4.74 Å². The van der Waals surface area contributed by atoms with E-state index in [1.165, 1.54) is 18.4 Å². The van der Waals surface area contributed by atoms with Crippen molar-refractivity contribution in [2.24, 2.45) is 0 Å². The van der Waals surface area contributed by atoms with Crippen LogP contribution in [0.1, 0.15) is 5.56 Å². The van der Waals surface area contributed by atoms with E-state index < -0.39 is 0 Å². The number of phenolic OH excluding ortho intramolecular Hbond substituents is 1. The lowest BCUT2D eigenvalue weighted by molar-refractivity contribution is 0.371. The van der Waals surface area contributed by atoms with Crippen LogP contribution in [0.3, 0.4) is 0 Å². The number of hydrogen-bond donors (Lipinski definition) is 1. The first-order valence-corrected chi connectivity index (χ1v) is 6.68. The van der Waals surface area contributed by atoms with Gasteiger partial charge in [-0.3, -0.25) is 4.79 Å². The lowest BCUT2D eigenvalue weighted by atomic mass is 10.0. The highest BCUT2D eigenvalue weighted by molar-refractivity contribution is 5.82. The van der Waals surface area contributed by atoms with Crippen LogP contribution in [0, 0.1) is 0 Å². The van der Waals surface area contributed by atoms with Crippen LogP contribution in [0.25, 0.3) is 27.9 Å². The number of hydrogen-bond acceptors (Lipinski definition) is 4. The Bertz CT molecular complexity index is 905. The topological polar surface area (TPSA) is 59.7 Å². The van der Waals surface area contributed by atoms with E-state index in [4.69, 9.17) is 9.15 Å². The van der Waals surface area contributed by atoms with Crippen LogP contribution >= 0.6 is 0 Å². The minimum absolute atomic E-state index is 0.0610. The van der Waals surface area contributed by atoms with E-state index in [0.717, 1.165) is 11.1 Å². The van der Waals surface area contributed by atoms with E-state index in [9.17, 15) is 9.90 Å². The molecule has 22 heavy (non-hydrogen) atoms. The van der Waals surface area contributed by atoms with Gasteiger partial charge >= 0.3 is 0 Å². The number of fused-ring (bicyclic) bond motifs is 1. The molecule has 3 aromatic rings. The zero-order valence-corrected chi connectivity index (χ0v) is 12.0. The van der Waals surface area contributed by atoms with Gasteiger partial charge in [-0.25, -0.2) is 0 Å². The zero-order chi connectivity index (χ0) is 15.7. The van der Waals surface area contributed by atoms with Gasteiger partial charge in [-0.05, 0) is 17.7 Å². The number of ether oxygens (including phenoxy) is 1. The summed E-state index contributed by atoms with van der Waals surface area (Å²) in [5.41, 5.74) is 2.28. The normalized spacial score (nSPS) is 10.6. The molecule has 0 spiro atoms. The van der Waals surface area contributed by atoms with Crippen molar-refractivity contribution in [2.45, 2.75) is 0 Å². The van der Waals surface area contributed by atoms with Crippen molar-refractivity contribution in [3.63, 3.8) is 0 Å². The molecule has 2 aromatic carbocycles. The van der Waals surface area contributed by atoms with Gasteiger partial charge in [0.1, 0.15) is 23.4 Å². The van der Waals surface area contributed by atoms with E-state index in [-0.39, 0.29) is 11.2 Å². The molecule has 0 atom stereocenters. The molecule has 0 fully saturated rings. The van der Waals surface area contributed by atoms with Gasteiger partial charge in [0.2, 0.25) is 0 Å². The fourth-order valence-electron chi connectivity index (χ4n) is 2.27. The van der Waals surface area contributed by atoms with Crippen molar-refractivity contribution in [2.75, 3.05) is 7.11 Å². The molecule has 4 nitrogen and oxygen atoms in total. The average molecular weight is 294 g/mol. The molecule has 0 amide bonds. The van der Waals surface area contributed by atoms with Gasteiger partial charge < -0.3 is 14.3 Å². The molecule has 0 aliphatic carbocycles. The van der Waals surface area contributed by atoms with Crippen molar-refractivity contribution in [3.8, 4) is 16.9 Å². The predicted molar refractivity (Wildman–Crippen MR) is 85.6 cm³/mol. The molecule has 0 saturated carbocycles. The minimum atomic E-state index is -0.139. The second-order valence-corrected chi connectivity index (χ2v) is 4.86. The molecule has 3 rings (SSSR count). The van der Waals surface area contributed by atoms with Crippen molar-refractivity contribution < 1.29 is 14.3 Å². The van der Waals surface area contributed by atoms with Crippen molar-refractivity contribution in [3.05, 3.63) is 71.1 Å². The minimum Gasteiger partial charge on any atom is -0.508 e. The summed E-state index contributed by atoms with van der Waals surface area (Å²) in [4.78, 5) is 12.5. The third-order valence-electron chi connectivity index (χ3n) is 3.52. The SMILES string of the molecule is C=C(OC)c1ccc(-c2coc3cc(O)ccc3c2=O)cc1. The van der Waals surface area contributed by atoms with Crippen molar-refractivity contribution >= 4 is 16.7 Å². The summed E-state index contributed by atoms with van der Waals surface area (Å²) in [5, 5.41) is 9.86. The summed E-state index contributed by atoms with van der Waals surface area (Å²) in [6.07, 6.45) is 1.41.